The average Bonchev–Trinajstić information content (AvgIpc) is 2.47. The van der Waals surface area contributed by atoms with Gasteiger partial charge >= 0.3 is 0 Å². The standard InChI is InChI=1S/C12H23N3/c1-11(2,3)9-8-10(15(7)14-9)12(4,5)13-6/h8,13H,1-7H3. The van der Waals surface area contributed by atoms with Crippen LogP contribution in [0.3, 0.4) is 0 Å². The van der Waals surface area contributed by atoms with Crippen molar-refractivity contribution in [1.29, 1.82) is 0 Å². The van der Waals surface area contributed by atoms with E-state index in [0.29, 0.717) is 0 Å². The fraction of sp³-hybridized carbons (Fsp3) is 0.750. The molecule has 0 aromatic carbocycles. The number of nitrogens with zero attached hydrogens (tertiary/aromatic N) is 2. The van der Waals surface area contributed by atoms with Crippen molar-refractivity contribution >= 4 is 0 Å². The molecule has 0 unspecified atom stereocenters. The summed E-state index contributed by atoms with van der Waals surface area (Å²) in [4.78, 5) is 0. The maximum atomic E-state index is 4.57. The molecule has 1 aromatic heterocycles. The number of hydrogen-bond donors (Lipinski definition) is 1. The first-order chi connectivity index (χ1) is 6.68. The molecular formula is C12H23N3. The minimum absolute atomic E-state index is 0.0365. The summed E-state index contributed by atoms with van der Waals surface area (Å²) < 4.78 is 1.97. The van der Waals surface area contributed by atoms with E-state index in [1.807, 2.05) is 18.8 Å². The minimum Gasteiger partial charge on any atom is -0.310 e. The molecule has 0 atom stereocenters. The van der Waals surface area contributed by atoms with Crippen LogP contribution in [0, 0.1) is 0 Å². The zero-order valence-corrected chi connectivity index (χ0v) is 11.0. The molecule has 0 aliphatic rings. The molecule has 1 aromatic rings. The molecule has 0 saturated heterocycles. The van der Waals surface area contributed by atoms with Gasteiger partial charge in [0.15, 0.2) is 0 Å². The first-order valence-corrected chi connectivity index (χ1v) is 5.42. The van der Waals surface area contributed by atoms with Crippen LogP contribution in [0.1, 0.15) is 46.0 Å². The summed E-state index contributed by atoms with van der Waals surface area (Å²) in [6, 6.07) is 2.19. The molecule has 1 N–H and O–H groups in total. The van der Waals surface area contributed by atoms with E-state index >= 15 is 0 Å². The van der Waals surface area contributed by atoms with Gasteiger partial charge in [0, 0.05) is 12.5 Å². The minimum atomic E-state index is -0.0365. The molecule has 0 amide bonds. The SMILES string of the molecule is CNC(C)(C)c1cc(C(C)(C)C)nn1C. The predicted octanol–water partition coefficient (Wildman–Crippen LogP) is 2.17. The second-order valence-electron chi connectivity index (χ2n) is 5.66. The second kappa shape index (κ2) is 3.63. The van der Waals surface area contributed by atoms with E-state index in [1.165, 1.54) is 5.69 Å². The van der Waals surface area contributed by atoms with Crippen molar-refractivity contribution in [3.05, 3.63) is 17.5 Å². The van der Waals surface area contributed by atoms with Crippen LogP contribution >= 0.6 is 0 Å². The molecule has 0 fully saturated rings. The number of nitrogens with one attached hydrogen (secondary N) is 1. The smallest absolute Gasteiger partial charge is 0.0681 e. The molecule has 3 heteroatoms. The summed E-state index contributed by atoms with van der Waals surface area (Å²) in [6.07, 6.45) is 0. The first kappa shape index (κ1) is 12.2. The van der Waals surface area contributed by atoms with Crippen molar-refractivity contribution in [2.45, 2.75) is 45.6 Å². The lowest BCUT2D eigenvalue weighted by Gasteiger charge is -2.23. The molecule has 0 saturated carbocycles. The van der Waals surface area contributed by atoms with E-state index in [2.05, 4.69) is 51.1 Å². The van der Waals surface area contributed by atoms with Gasteiger partial charge in [-0.2, -0.15) is 5.10 Å². The average molecular weight is 209 g/mol. The van der Waals surface area contributed by atoms with Crippen molar-refractivity contribution in [1.82, 2.24) is 15.1 Å². The van der Waals surface area contributed by atoms with Crippen molar-refractivity contribution in [2.24, 2.45) is 7.05 Å². The Morgan fingerprint density at radius 1 is 1.20 bits per heavy atom. The summed E-state index contributed by atoms with van der Waals surface area (Å²) in [5, 5.41) is 7.88. The largest absolute Gasteiger partial charge is 0.310 e. The van der Waals surface area contributed by atoms with Crippen molar-refractivity contribution < 1.29 is 0 Å². The number of aryl methyl sites for hydroxylation is 1. The summed E-state index contributed by atoms with van der Waals surface area (Å²) in [7, 11) is 3.98. The Labute approximate surface area is 92.9 Å². The zero-order chi connectivity index (χ0) is 11.9. The number of rotatable bonds is 2. The van der Waals surface area contributed by atoms with Crippen LogP contribution in [0.25, 0.3) is 0 Å². The molecule has 15 heavy (non-hydrogen) atoms. The van der Waals surface area contributed by atoms with Gasteiger partial charge in [-0.05, 0) is 27.0 Å². The molecular weight excluding hydrogens is 186 g/mol. The highest BCUT2D eigenvalue weighted by Gasteiger charge is 2.26. The Morgan fingerprint density at radius 3 is 2.07 bits per heavy atom. The van der Waals surface area contributed by atoms with Crippen molar-refractivity contribution in [3.8, 4) is 0 Å². The molecule has 0 radical (unpaired) electrons. The van der Waals surface area contributed by atoms with Gasteiger partial charge in [0.25, 0.3) is 0 Å². The van der Waals surface area contributed by atoms with Gasteiger partial charge in [-0.1, -0.05) is 20.8 Å². The van der Waals surface area contributed by atoms with Gasteiger partial charge in [-0.15, -0.1) is 0 Å². The van der Waals surface area contributed by atoms with E-state index in [0.717, 1.165) is 5.69 Å². The monoisotopic (exact) mass is 209 g/mol. The Balaban J connectivity index is 3.18. The molecule has 1 rings (SSSR count). The molecule has 86 valence electrons. The zero-order valence-electron chi connectivity index (χ0n) is 11.0. The third-order valence-electron chi connectivity index (χ3n) is 2.91. The summed E-state index contributed by atoms with van der Waals surface area (Å²) in [5.74, 6) is 0. The van der Waals surface area contributed by atoms with Crippen LogP contribution < -0.4 is 5.32 Å². The third-order valence-corrected chi connectivity index (χ3v) is 2.91. The van der Waals surface area contributed by atoms with E-state index in [9.17, 15) is 0 Å². The Morgan fingerprint density at radius 2 is 1.73 bits per heavy atom. The fourth-order valence-electron chi connectivity index (χ4n) is 1.55. The van der Waals surface area contributed by atoms with Crippen molar-refractivity contribution in [2.75, 3.05) is 7.05 Å². The van der Waals surface area contributed by atoms with Crippen LogP contribution in [0.2, 0.25) is 0 Å². The normalized spacial score (nSPS) is 13.3. The summed E-state index contributed by atoms with van der Waals surface area (Å²) in [5.41, 5.74) is 2.43. The molecule has 0 aliphatic carbocycles. The van der Waals surface area contributed by atoms with Gasteiger partial charge in [0.05, 0.1) is 16.9 Å². The molecule has 1 heterocycles. The van der Waals surface area contributed by atoms with Crippen LogP contribution in [0.4, 0.5) is 0 Å². The number of hydrogen-bond acceptors (Lipinski definition) is 2. The van der Waals surface area contributed by atoms with E-state index in [-0.39, 0.29) is 11.0 Å². The summed E-state index contributed by atoms with van der Waals surface area (Å²) >= 11 is 0. The van der Waals surface area contributed by atoms with Crippen molar-refractivity contribution in [3.63, 3.8) is 0 Å². The lowest BCUT2D eigenvalue weighted by Crippen LogP contribution is -2.35. The molecule has 0 aliphatic heterocycles. The quantitative estimate of drug-likeness (QED) is 0.809. The van der Waals surface area contributed by atoms with Gasteiger partial charge in [0.2, 0.25) is 0 Å². The van der Waals surface area contributed by atoms with Gasteiger partial charge in [-0.25, -0.2) is 0 Å². The maximum Gasteiger partial charge on any atom is 0.0681 e. The topological polar surface area (TPSA) is 29.9 Å². The lowest BCUT2D eigenvalue weighted by atomic mass is 9.90. The highest BCUT2D eigenvalue weighted by molar-refractivity contribution is 5.22. The van der Waals surface area contributed by atoms with E-state index in [1.54, 1.807) is 0 Å². The second-order valence-corrected chi connectivity index (χ2v) is 5.66. The van der Waals surface area contributed by atoms with Gasteiger partial charge in [0.1, 0.15) is 0 Å². The summed E-state index contributed by atoms with van der Waals surface area (Å²) in [6.45, 7) is 10.9. The van der Waals surface area contributed by atoms with Crippen LogP contribution in [0.5, 0.6) is 0 Å². The molecule has 0 spiro atoms. The maximum absolute atomic E-state index is 4.57. The lowest BCUT2D eigenvalue weighted by molar-refractivity contribution is 0.409. The predicted molar refractivity (Wildman–Crippen MR) is 64.0 cm³/mol. The van der Waals surface area contributed by atoms with Gasteiger partial charge in [-0.3, -0.25) is 4.68 Å². The Bertz CT molecular complexity index is 342. The molecule has 0 bridgehead atoms. The van der Waals surface area contributed by atoms with E-state index in [4.69, 9.17) is 0 Å². The number of aromatic nitrogens is 2. The fourth-order valence-corrected chi connectivity index (χ4v) is 1.55. The third kappa shape index (κ3) is 2.40. The van der Waals surface area contributed by atoms with Crippen LogP contribution in [-0.2, 0) is 18.0 Å². The highest BCUT2D eigenvalue weighted by Crippen LogP contribution is 2.26. The van der Waals surface area contributed by atoms with E-state index < -0.39 is 0 Å². The Hall–Kier alpha value is -0.830. The molecule has 3 nitrogen and oxygen atoms in total. The van der Waals surface area contributed by atoms with Crippen LogP contribution in [-0.4, -0.2) is 16.8 Å². The Kier molecular flexibility index (Phi) is 2.97. The highest BCUT2D eigenvalue weighted by atomic mass is 15.3. The van der Waals surface area contributed by atoms with Crippen LogP contribution in [0.15, 0.2) is 6.07 Å². The van der Waals surface area contributed by atoms with Gasteiger partial charge < -0.3 is 5.32 Å². The first-order valence-electron chi connectivity index (χ1n) is 5.42.